The predicted octanol–water partition coefficient (Wildman–Crippen LogP) is 3.03. The van der Waals surface area contributed by atoms with Crippen molar-refractivity contribution in [1.29, 1.82) is 0 Å². The number of methoxy groups -OCH3 is 1. The summed E-state index contributed by atoms with van der Waals surface area (Å²) >= 11 is 1.44. The van der Waals surface area contributed by atoms with Crippen molar-refractivity contribution in [2.45, 2.75) is 13.8 Å². The number of nitrogen functional groups attached to an aromatic ring is 2. The first kappa shape index (κ1) is 15.2. The number of thiazole rings is 1. The minimum atomic E-state index is 0.634. The molecule has 0 saturated heterocycles. The lowest BCUT2D eigenvalue weighted by molar-refractivity contribution is 0.417. The third-order valence-corrected chi connectivity index (χ3v) is 2.20. The van der Waals surface area contributed by atoms with Crippen molar-refractivity contribution < 1.29 is 4.74 Å². The highest BCUT2D eigenvalue weighted by molar-refractivity contribution is 7.13. The number of nitrogens with zero attached hydrogens (tertiary/aromatic N) is 1. The van der Waals surface area contributed by atoms with Crippen molar-refractivity contribution in [2.24, 2.45) is 0 Å². The second-order valence-corrected chi connectivity index (χ2v) is 3.54. The van der Waals surface area contributed by atoms with Crippen molar-refractivity contribution in [3.05, 3.63) is 35.8 Å². The van der Waals surface area contributed by atoms with E-state index in [0.717, 1.165) is 5.75 Å². The van der Waals surface area contributed by atoms with E-state index in [1.54, 1.807) is 19.4 Å². The van der Waals surface area contributed by atoms with Crippen LogP contribution in [0.15, 0.2) is 35.8 Å². The van der Waals surface area contributed by atoms with E-state index in [1.165, 1.54) is 11.3 Å². The SMILES string of the molecule is CC.COc1ccccc1N.Nc1nccs1. The monoisotopic (exact) mass is 253 g/mol. The minimum Gasteiger partial charge on any atom is -0.495 e. The Morgan fingerprint density at radius 1 is 1.18 bits per heavy atom. The molecule has 1 heterocycles. The van der Waals surface area contributed by atoms with Crippen LogP contribution in [0.25, 0.3) is 0 Å². The van der Waals surface area contributed by atoms with Gasteiger partial charge in [-0.3, -0.25) is 0 Å². The van der Waals surface area contributed by atoms with Crippen LogP contribution >= 0.6 is 11.3 Å². The number of anilines is 2. The van der Waals surface area contributed by atoms with E-state index < -0.39 is 0 Å². The normalized spacial score (nSPS) is 8.18. The molecule has 0 unspecified atom stereocenters. The van der Waals surface area contributed by atoms with E-state index in [1.807, 2.05) is 37.4 Å². The molecule has 0 aliphatic carbocycles. The van der Waals surface area contributed by atoms with E-state index in [9.17, 15) is 0 Å². The van der Waals surface area contributed by atoms with Gasteiger partial charge in [-0.1, -0.05) is 26.0 Å². The second-order valence-electron chi connectivity index (χ2n) is 2.61. The number of hydrogen-bond acceptors (Lipinski definition) is 5. The molecule has 17 heavy (non-hydrogen) atoms. The maximum atomic E-state index is 5.51. The first-order chi connectivity index (χ1) is 8.24. The van der Waals surface area contributed by atoms with Gasteiger partial charge in [0, 0.05) is 11.6 Å². The molecular weight excluding hydrogens is 234 g/mol. The van der Waals surface area contributed by atoms with Gasteiger partial charge in [0.2, 0.25) is 0 Å². The molecule has 94 valence electrons. The van der Waals surface area contributed by atoms with Crippen LogP contribution < -0.4 is 16.2 Å². The third-order valence-electron chi connectivity index (χ3n) is 1.59. The predicted molar refractivity (Wildman–Crippen MR) is 75.3 cm³/mol. The molecule has 0 fully saturated rings. The standard InChI is InChI=1S/C7H9NO.C3H4N2S.C2H6/c1-9-7-5-3-2-4-6(7)8;4-3-5-1-2-6-3;1-2/h2-5H,8H2,1H3;1-2H,(H2,4,5);1-2H3. The summed E-state index contributed by atoms with van der Waals surface area (Å²) < 4.78 is 4.92. The summed E-state index contributed by atoms with van der Waals surface area (Å²) in [6.45, 7) is 4.00. The maximum Gasteiger partial charge on any atom is 0.179 e. The van der Waals surface area contributed by atoms with Crippen LogP contribution in [-0.2, 0) is 0 Å². The number of benzene rings is 1. The van der Waals surface area contributed by atoms with Crippen molar-refractivity contribution in [3.63, 3.8) is 0 Å². The Balaban J connectivity index is 0.000000278. The Bertz CT molecular complexity index is 390. The number of nitrogens with two attached hydrogens (primary N) is 2. The molecule has 0 aliphatic heterocycles. The average molecular weight is 253 g/mol. The topological polar surface area (TPSA) is 74.2 Å². The molecule has 0 aliphatic rings. The number of rotatable bonds is 1. The maximum absolute atomic E-state index is 5.51. The van der Waals surface area contributed by atoms with Crippen LogP contribution in [0, 0.1) is 0 Å². The van der Waals surface area contributed by atoms with Gasteiger partial charge in [-0.05, 0) is 12.1 Å². The molecule has 0 spiro atoms. The fourth-order valence-electron chi connectivity index (χ4n) is 0.901. The summed E-state index contributed by atoms with van der Waals surface area (Å²) in [4.78, 5) is 3.71. The molecule has 1 aromatic heterocycles. The van der Waals surface area contributed by atoms with E-state index in [4.69, 9.17) is 16.2 Å². The summed E-state index contributed by atoms with van der Waals surface area (Å²) in [7, 11) is 1.60. The van der Waals surface area contributed by atoms with Gasteiger partial charge in [0.25, 0.3) is 0 Å². The summed E-state index contributed by atoms with van der Waals surface area (Å²) in [5, 5.41) is 2.48. The average Bonchev–Trinajstić information content (AvgIpc) is 2.84. The molecule has 1 aromatic carbocycles. The summed E-state index contributed by atoms with van der Waals surface area (Å²) in [5.74, 6) is 0.734. The Morgan fingerprint density at radius 3 is 2.12 bits per heavy atom. The lowest BCUT2D eigenvalue weighted by Gasteiger charge is -2.00. The Morgan fingerprint density at radius 2 is 1.82 bits per heavy atom. The van der Waals surface area contributed by atoms with Gasteiger partial charge < -0.3 is 16.2 Å². The Labute approximate surface area is 106 Å². The number of aromatic nitrogens is 1. The van der Waals surface area contributed by atoms with Gasteiger partial charge in [0.1, 0.15) is 5.75 Å². The lowest BCUT2D eigenvalue weighted by Crippen LogP contribution is -1.89. The highest BCUT2D eigenvalue weighted by atomic mass is 32.1. The van der Waals surface area contributed by atoms with Crippen LogP contribution in [0.3, 0.4) is 0 Å². The van der Waals surface area contributed by atoms with Crippen LogP contribution in [0.4, 0.5) is 10.8 Å². The van der Waals surface area contributed by atoms with Crippen LogP contribution in [0.1, 0.15) is 13.8 Å². The quantitative estimate of drug-likeness (QED) is 0.766. The summed E-state index contributed by atoms with van der Waals surface area (Å²) in [6, 6.07) is 7.39. The summed E-state index contributed by atoms with van der Waals surface area (Å²) in [5.41, 5.74) is 11.4. The third kappa shape index (κ3) is 6.42. The minimum absolute atomic E-state index is 0.634. The zero-order valence-corrected chi connectivity index (χ0v) is 11.2. The summed E-state index contributed by atoms with van der Waals surface area (Å²) in [6.07, 6.45) is 1.68. The first-order valence-electron chi connectivity index (χ1n) is 5.27. The van der Waals surface area contributed by atoms with Crippen LogP contribution in [0.5, 0.6) is 5.75 Å². The van der Waals surface area contributed by atoms with E-state index in [0.29, 0.717) is 10.8 Å². The number of hydrogen-bond donors (Lipinski definition) is 2. The van der Waals surface area contributed by atoms with Gasteiger partial charge in [-0.2, -0.15) is 0 Å². The molecule has 0 amide bonds. The van der Waals surface area contributed by atoms with E-state index in [-0.39, 0.29) is 0 Å². The highest BCUT2D eigenvalue weighted by Crippen LogP contribution is 2.18. The molecule has 4 N–H and O–H groups in total. The van der Waals surface area contributed by atoms with Crippen molar-refractivity contribution in [3.8, 4) is 5.75 Å². The van der Waals surface area contributed by atoms with Gasteiger partial charge in [0.05, 0.1) is 12.8 Å². The second kappa shape index (κ2) is 9.47. The molecule has 2 aromatic rings. The van der Waals surface area contributed by atoms with Gasteiger partial charge >= 0.3 is 0 Å². The number of ether oxygens (including phenoxy) is 1. The van der Waals surface area contributed by atoms with Gasteiger partial charge in [-0.25, -0.2) is 4.98 Å². The first-order valence-corrected chi connectivity index (χ1v) is 6.15. The molecule has 2 rings (SSSR count). The largest absolute Gasteiger partial charge is 0.495 e. The van der Waals surface area contributed by atoms with Gasteiger partial charge in [0.15, 0.2) is 5.13 Å². The van der Waals surface area contributed by atoms with Crippen LogP contribution in [-0.4, -0.2) is 12.1 Å². The molecule has 0 radical (unpaired) electrons. The van der Waals surface area contributed by atoms with Crippen molar-refractivity contribution >= 4 is 22.2 Å². The van der Waals surface area contributed by atoms with Crippen LogP contribution in [0.2, 0.25) is 0 Å². The van der Waals surface area contributed by atoms with Crippen molar-refractivity contribution in [1.82, 2.24) is 4.98 Å². The van der Waals surface area contributed by atoms with Crippen molar-refractivity contribution in [2.75, 3.05) is 18.6 Å². The van der Waals surface area contributed by atoms with E-state index in [2.05, 4.69) is 4.98 Å². The molecule has 4 nitrogen and oxygen atoms in total. The lowest BCUT2D eigenvalue weighted by atomic mass is 10.3. The smallest absolute Gasteiger partial charge is 0.179 e. The molecule has 0 bridgehead atoms. The zero-order chi connectivity index (χ0) is 13.1. The fraction of sp³-hybridized carbons (Fsp3) is 0.250. The molecular formula is C12H19N3OS. The van der Waals surface area contributed by atoms with E-state index >= 15 is 0 Å². The highest BCUT2D eigenvalue weighted by Gasteiger charge is 1.91. The molecule has 5 heteroatoms. The Kier molecular flexibility index (Phi) is 8.50. The molecule has 0 saturated carbocycles. The number of para-hydroxylation sites is 2. The van der Waals surface area contributed by atoms with Gasteiger partial charge in [-0.15, -0.1) is 11.3 Å². The Hall–Kier alpha value is -1.75. The fourth-order valence-corrected chi connectivity index (χ4v) is 1.28. The zero-order valence-electron chi connectivity index (χ0n) is 10.4. The molecule has 0 atom stereocenters.